The lowest BCUT2D eigenvalue weighted by molar-refractivity contribution is -0.138. The monoisotopic (exact) mass is 527 g/mol. The molecule has 0 unspecified atom stereocenters. The number of rotatable bonds is 8. The summed E-state index contributed by atoms with van der Waals surface area (Å²) in [5.41, 5.74) is -1.17. The summed E-state index contributed by atoms with van der Waals surface area (Å²) in [6.45, 7) is 0.320. The number of guanidine groups is 1. The smallest absolute Gasteiger partial charge is 0.379 e. The van der Waals surface area contributed by atoms with E-state index in [0.717, 1.165) is 18.4 Å². The summed E-state index contributed by atoms with van der Waals surface area (Å²) in [5.74, 6) is -0.825. The zero-order valence-corrected chi connectivity index (χ0v) is 17.9. The van der Waals surface area contributed by atoms with Crippen molar-refractivity contribution in [3.8, 4) is 0 Å². The lowest BCUT2D eigenvalue weighted by atomic mass is 10.1. The van der Waals surface area contributed by atoms with Crippen molar-refractivity contribution >= 4 is 39.8 Å². The Hall–Kier alpha value is -1.15. The van der Waals surface area contributed by atoms with Gasteiger partial charge in [-0.2, -0.15) is 13.2 Å². The molecule has 1 aromatic rings. The van der Waals surface area contributed by atoms with E-state index >= 15 is 0 Å². The van der Waals surface area contributed by atoms with Gasteiger partial charge in [0, 0.05) is 26.4 Å². The Morgan fingerprint density at radius 1 is 1.22 bits per heavy atom. The summed E-state index contributed by atoms with van der Waals surface area (Å²) in [4.78, 5) is 3.86. The average Bonchev–Trinajstić information content (AvgIpc) is 2.52. The van der Waals surface area contributed by atoms with Gasteiger partial charge in [-0.15, -0.1) is 24.0 Å². The van der Waals surface area contributed by atoms with E-state index in [0.29, 0.717) is 6.07 Å². The summed E-state index contributed by atoms with van der Waals surface area (Å²) >= 11 is 0. The van der Waals surface area contributed by atoms with Gasteiger partial charge in [0.15, 0.2) is 5.96 Å². The Bertz CT molecular complexity index is 728. The summed E-state index contributed by atoms with van der Waals surface area (Å²) in [5, 5.41) is 5.51. The van der Waals surface area contributed by atoms with Crippen LogP contribution < -0.4 is 10.6 Å². The Morgan fingerprint density at radius 2 is 1.89 bits per heavy atom. The highest BCUT2D eigenvalue weighted by Gasteiger charge is 2.33. The Labute approximate surface area is 172 Å². The molecule has 0 saturated heterocycles. The van der Waals surface area contributed by atoms with Crippen molar-refractivity contribution < 1.29 is 30.7 Å². The molecule has 0 radical (unpaired) electrons. The van der Waals surface area contributed by atoms with Gasteiger partial charge < -0.3 is 15.4 Å². The third kappa shape index (κ3) is 10.7. The molecule has 0 amide bonds. The van der Waals surface area contributed by atoms with Crippen molar-refractivity contribution in [2.75, 3.05) is 38.8 Å². The summed E-state index contributed by atoms with van der Waals surface area (Å²) in [7, 11) is -1.65. The molecule has 1 aromatic carbocycles. The number of benzene rings is 1. The molecule has 0 aromatic heterocycles. The van der Waals surface area contributed by atoms with Gasteiger partial charge in [0.2, 0.25) is 0 Å². The van der Waals surface area contributed by atoms with Gasteiger partial charge in [0.1, 0.15) is 15.7 Å². The quantitative estimate of drug-likeness (QED) is 0.178. The minimum absolute atomic E-state index is 0. The molecule has 0 fully saturated rings. The second-order valence-corrected chi connectivity index (χ2v) is 7.65. The first-order valence-electron chi connectivity index (χ1n) is 7.58. The number of nitrogens with zero attached hydrogens (tertiary/aromatic N) is 1. The van der Waals surface area contributed by atoms with E-state index in [2.05, 4.69) is 15.6 Å². The van der Waals surface area contributed by atoms with E-state index in [1.165, 1.54) is 7.05 Å². The molecule has 0 aliphatic carbocycles. The van der Waals surface area contributed by atoms with E-state index in [4.69, 9.17) is 4.74 Å². The Kier molecular flexibility index (Phi) is 11.1. The maximum atomic E-state index is 13.1. The molecule has 0 saturated carbocycles. The number of sulfone groups is 1. The minimum atomic E-state index is -4.66. The van der Waals surface area contributed by atoms with Gasteiger partial charge in [0.05, 0.1) is 24.5 Å². The third-order valence-corrected chi connectivity index (χ3v) is 4.09. The minimum Gasteiger partial charge on any atom is -0.379 e. The number of nitrogens with one attached hydrogen (secondary N) is 2. The van der Waals surface area contributed by atoms with E-state index in [-0.39, 0.29) is 67.6 Å². The van der Waals surface area contributed by atoms with E-state index in [9.17, 15) is 26.0 Å². The fraction of sp³-hybridized carbons (Fsp3) is 0.533. The van der Waals surface area contributed by atoms with Crippen molar-refractivity contribution in [3.05, 3.63) is 35.1 Å². The molecule has 0 atom stereocenters. The van der Waals surface area contributed by atoms with Gasteiger partial charge in [-0.25, -0.2) is 12.8 Å². The largest absolute Gasteiger partial charge is 0.416 e. The highest BCUT2D eigenvalue weighted by Crippen LogP contribution is 2.32. The van der Waals surface area contributed by atoms with Crippen LogP contribution in [0.5, 0.6) is 0 Å². The van der Waals surface area contributed by atoms with Crippen LogP contribution in [0.4, 0.5) is 17.6 Å². The lowest BCUT2D eigenvalue weighted by Crippen LogP contribution is -2.39. The van der Waals surface area contributed by atoms with Gasteiger partial charge in [0.25, 0.3) is 0 Å². The third-order valence-electron chi connectivity index (χ3n) is 3.18. The lowest BCUT2D eigenvalue weighted by Gasteiger charge is -2.16. The Morgan fingerprint density at radius 3 is 2.44 bits per heavy atom. The highest BCUT2D eigenvalue weighted by molar-refractivity contribution is 14.0. The zero-order chi connectivity index (χ0) is 19.8. The van der Waals surface area contributed by atoms with Crippen molar-refractivity contribution in [1.29, 1.82) is 0 Å². The number of alkyl halides is 3. The standard InChI is InChI=1S/C15H21F4N3O3S.HI/c1-20-14(21-5-6-25-7-8-26(2,23)24)22-10-11-3-4-12(16)9-13(11)15(17,18)19;/h3-4,9H,5-8,10H2,1-2H3,(H2,20,21,22);1H. The molecule has 0 bridgehead atoms. The van der Waals surface area contributed by atoms with E-state index < -0.39 is 27.4 Å². The predicted octanol–water partition coefficient (Wildman–Crippen LogP) is 2.19. The fourth-order valence-electron chi connectivity index (χ4n) is 1.92. The molecule has 0 aliphatic rings. The molecule has 0 spiro atoms. The van der Waals surface area contributed by atoms with Crippen LogP contribution in [0.2, 0.25) is 0 Å². The van der Waals surface area contributed by atoms with Crippen LogP contribution in [-0.4, -0.2) is 53.2 Å². The maximum absolute atomic E-state index is 13.1. The normalized spacial score (nSPS) is 12.4. The SMILES string of the molecule is CN=C(NCCOCCS(C)(=O)=O)NCc1ccc(F)cc1C(F)(F)F.I. The number of halogens is 5. The zero-order valence-electron chi connectivity index (χ0n) is 14.8. The summed E-state index contributed by atoms with van der Waals surface area (Å²) < 4.78 is 78.9. The molecule has 0 heterocycles. The van der Waals surface area contributed by atoms with Crippen LogP contribution >= 0.6 is 24.0 Å². The molecule has 27 heavy (non-hydrogen) atoms. The molecular formula is C15H22F4IN3O3S. The van der Waals surface area contributed by atoms with Gasteiger partial charge in [-0.3, -0.25) is 4.99 Å². The highest BCUT2D eigenvalue weighted by atomic mass is 127. The maximum Gasteiger partial charge on any atom is 0.416 e. The van der Waals surface area contributed by atoms with E-state index in [1.54, 1.807) is 0 Å². The fourth-order valence-corrected chi connectivity index (χ4v) is 2.34. The molecule has 2 N–H and O–H groups in total. The predicted molar refractivity (Wildman–Crippen MR) is 106 cm³/mol. The number of hydrogen-bond acceptors (Lipinski definition) is 4. The molecule has 0 aliphatic heterocycles. The second kappa shape index (κ2) is 11.6. The summed E-state index contributed by atoms with van der Waals surface area (Å²) in [6, 6.07) is 2.47. The van der Waals surface area contributed by atoms with Gasteiger partial charge in [-0.05, 0) is 17.7 Å². The number of hydrogen-bond donors (Lipinski definition) is 2. The Balaban J connectivity index is 0.00000676. The van der Waals surface area contributed by atoms with Crippen LogP contribution in [0.3, 0.4) is 0 Å². The van der Waals surface area contributed by atoms with Crippen LogP contribution in [0.15, 0.2) is 23.2 Å². The van der Waals surface area contributed by atoms with Crippen molar-refractivity contribution in [3.63, 3.8) is 0 Å². The first-order chi connectivity index (χ1) is 12.0. The molecule has 156 valence electrons. The average molecular weight is 527 g/mol. The molecule has 1 rings (SSSR count). The topological polar surface area (TPSA) is 79.8 Å². The van der Waals surface area contributed by atoms with Crippen molar-refractivity contribution in [2.24, 2.45) is 4.99 Å². The second-order valence-electron chi connectivity index (χ2n) is 5.39. The molecule has 6 nitrogen and oxygen atoms in total. The molecule has 12 heteroatoms. The van der Waals surface area contributed by atoms with Crippen molar-refractivity contribution in [2.45, 2.75) is 12.7 Å². The first-order valence-corrected chi connectivity index (χ1v) is 9.64. The van der Waals surface area contributed by atoms with E-state index in [1.807, 2.05) is 0 Å². The summed E-state index contributed by atoms with van der Waals surface area (Å²) in [6.07, 6.45) is -3.56. The number of ether oxygens (including phenoxy) is 1. The van der Waals surface area contributed by atoms with Gasteiger partial charge >= 0.3 is 6.18 Å². The van der Waals surface area contributed by atoms with Crippen molar-refractivity contribution in [1.82, 2.24) is 10.6 Å². The van der Waals surface area contributed by atoms with Crippen LogP contribution in [-0.2, 0) is 27.3 Å². The molecular weight excluding hydrogens is 505 g/mol. The first kappa shape index (κ1) is 25.9. The van der Waals surface area contributed by atoms with Crippen LogP contribution in [0.1, 0.15) is 11.1 Å². The van der Waals surface area contributed by atoms with Crippen LogP contribution in [0.25, 0.3) is 0 Å². The van der Waals surface area contributed by atoms with Gasteiger partial charge in [-0.1, -0.05) is 6.07 Å². The number of aliphatic imine (C=N–C) groups is 1. The van der Waals surface area contributed by atoms with Crippen LogP contribution in [0, 0.1) is 5.82 Å².